The van der Waals surface area contributed by atoms with Gasteiger partial charge in [0.15, 0.2) is 5.41 Å². The summed E-state index contributed by atoms with van der Waals surface area (Å²) in [4.78, 5) is 37.3. The first-order valence-corrected chi connectivity index (χ1v) is 11.0. The van der Waals surface area contributed by atoms with Crippen LogP contribution in [-0.4, -0.2) is 56.5 Å². The van der Waals surface area contributed by atoms with Gasteiger partial charge in [-0.25, -0.2) is 4.79 Å². The van der Waals surface area contributed by atoms with Gasteiger partial charge in [-0.3, -0.25) is 14.1 Å². The zero-order valence-electron chi connectivity index (χ0n) is 16.5. The molecule has 29 heavy (non-hydrogen) atoms. The second-order valence-electron chi connectivity index (χ2n) is 8.30. The van der Waals surface area contributed by atoms with Gasteiger partial charge in [-0.2, -0.15) is 8.42 Å². The zero-order chi connectivity index (χ0) is 21.6. The lowest BCUT2D eigenvalue weighted by Crippen LogP contribution is -2.41. The molecule has 0 bridgehead atoms. The van der Waals surface area contributed by atoms with Gasteiger partial charge in [-0.15, -0.1) is 0 Å². The number of carbonyl (C=O) groups excluding carboxylic acids is 3. The van der Waals surface area contributed by atoms with E-state index in [1.54, 1.807) is 0 Å². The fourth-order valence-electron chi connectivity index (χ4n) is 5.03. The van der Waals surface area contributed by atoms with E-state index in [0.717, 1.165) is 0 Å². The quantitative estimate of drug-likeness (QED) is 0.218. The fourth-order valence-corrected chi connectivity index (χ4v) is 5.90. The van der Waals surface area contributed by atoms with Crippen molar-refractivity contribution >= 4 is 28.0 Å². The van der Waals surface area contributed by atoms with Gasteiger partial charge in [0, 0.05) is 11.0 Å². The number of fused-ring (bicyclic) bond motifs is 1. The molecular weight excluding hydrogens is 404 g/mol. The summed E-state index contributed by atoms with van der Waals surface area (Å²) < 4.78 is 46.7. The Morgan fingerprint density at radius 1 is 1.00 bits per heavy atom. The number of rotatable bonds is 6. The summed E-state index contributed by atoms with van der Waals surface area (Å²) >= 11 is 0. The third kappa shape index (κ3) is 3.68. The molecule has 0 saturated heterocycles. The minimum atomic E-state index is -4.09. The van der Waals surface area contributed by atoms with Crippen molar-refractivity contribution in [3.63, 3.8) is 0 Å². The minimum Gasteiger partial charge on any atom is -0.468 e. The third-order valence-electron chi connectivity index (χ3n) is 6.76. The molecule has 2 unspecified atom stereocenters. The lowest BCUT2D eigenvalue weighted by molar-refractivity contribution is -0.170. The maximum atomic E-state index is 12.7. The SMILES string of the molecule is C=C(C(=O)OC1CCC(S(=O)(=O)O)CC1)C12CC1CC(C(=O)OC)(C(=O)OC)C2. The molecule has 0 aromatic rings. The normalized spacial score (nSPS) is 32.6. The number of esters is 3. The molecule has 0 amide bonds. The second-order valence-corrected chi connectivity index (χ2v) is 10.00. The average molecular weight is 430 g/mol. The van der Waals surface area contributed by atoms with Crippen molar-refractivity contribution in [2.75, 3.05) is 14.2 Å². The lowest BCUT2D eigenvalue weighted by atomic mass is 9.79. The zero-order valence-corrected chi connectivity index (χ0v) is 17.3. The van der Waals surface area contributed by atoms with Gasteiger partial charge >= 0.3 is 17.9 Å². The molecule has 3 saturated carbocycles. The Labute approximate surface area is 169 Å². The van der Waals surface area contributed by atoms with Crippen LogP contribution in [0.25, 0.3) is 0 Å². The molecule has 3 aliphatic carbocycles. The van der Waals surface area contributed by atoms with E-state index in [1.165, 1.54) is 14.2 Å². The molecule has 162 valence electrons. The molecule has 3 aliphatic rings. The summed E-state index contributed by atoms with van der Waals surface area (Å²) in [5.74, 6) is -2.02. The van der Waals surface area contributed by atoms with Crippen molar-refractivity contribution in [1.29, 1.82) is 0 Å². The Kier molecular flexibility index (Phi) is 5.55. The maximum Gasteiger partial charge on any atom is 0.334 e. The third-order valence-corrected chi connectivity index (χ3v) is 8.07. The molecule has 0 radical (unpaired) electrons. The highest BCUT2D eigenvalue weighted by molar-refractivity contribution is 7.86. The van der Waals surface area contributed by atoms with E-state index in [9.17, 15) is 22.8 Å². The van der Waals surface area contributed by atoms with Crippen LogP contribution < -0.4 is 0 Å². The summed E-state index contributed by atoms with van der Waals surface area (Å²) in [5.41, 5.74) is -1.91. The van der Waals surface area contributed by atoms with Gasteiger partial charge in [0.05, 0.1) is 19.5 Å². The Morgan fingerprint density at radius 2 is 1.55 bits per heavy atom. The van der Waals surface area contributed by atoms with Crippen molar-refractivity contribution < 1.29 is 41.6 Å². The summed E-state index contributed by atoms with van der Waals surface area (Å²) in [6, 6.07) is 0. The van der Waals surface area contributed by atoms with E-state index < -0.39 is 50.2 Å². The smallest absolute Gasteiger partial charge is 0.334 e. The predicted octanol–water partition coefficient (Wildman–Crippen LogP) is 1.42. The van der Waals surface area contributed by atoms with Gasteiger partial charge in [-0.05, 0) is 50.9 Å². The highest BCUT2D eigenvalue weighted by Gasteiger charge is 2.73. The highest BCUT2D eigenvalue weighted by Crippen LogP contribution is 2.72. The first-order valence-electron chi connectivity index (χ1n) is 9.53. The summed E-state index contributed by atoms with van der Waals surface area (Å²) in [6.07, 6.45) is 1.58. The maximum absolute atomic E-state index is 12.7. The van der Waals surface area contributed by atoms with Crippen LogP contribution in [0.15, 0.2) is 12.2 Å². The van der Waals surface area contributed by atoms with Crippen molar-refractivity contribution in [3.05, 3.63) is 12.2 Å². The number of hydrogen-bond donors (Lipinski definition) is 1. The summed E-state index contributed by atoms with van der Waals surface area (Å²) in [7, 11) is -1.68. The van der Waals surface area contributed by atoms with E-state index in [-0.39, 0.29) is 37.2 Å². The van der Waals surface area contributed by atoms with Crippen LogP contribution in [0.1, 0.15) is 44.9 Å². The standard InChI is InChI=1S/C19H26O9S/c1-11(15(20)28-13-4-6-14(7-5-13)29(23,24)25)18-8-12(18)9-19(10-18,16(21)26-2)17(22)27-3/h12-14H,1,4-10H2,2-3H3,(H,23,24,25). The molecule has 0 aromatic carbocycles. The average Bonchev–Trinajstić information content (AvgIpc) is 3.27. The number of hydrogen-bond acceptors (Lipinski definition) is 8. The molecule has 9 nitrogen and oxygen atoms in total. The van der Waals surface area contributed by atoms with Gasteiger partial charge in [-0.1, -0.05) is 6.58 Å². The lowest BCUT2D eigenvalue weighted by Gasteiger charge is -2.29. The van der Waals surface area contributed by atoms with Crippen molar-refractivity contribution in [2.45, 2.75) is 56.3 Å². The van der Waals surface area contributed by atoms with E-state index in [1.807, 2.05) is 0 Å². The molecule has 0 spiro atoms. The van der Waals surface area contributed by atoms with Crippen molar-refractivity contribution in [3.8, 4) is 0 Å². The molecule has 1 N–H and O–H groups in total. The van der Waals surface area contributed by atoms with Crippen LogP contribution in [-0.2, 0) is 38.7 Å². The number of methoxy groups -OCH3 is 2. The van der Waals surface area contributed by atoms with Crippen LogP contribution in [0.2, 0.25) is 0 Å². The highest BCUT2D eigenvalue weighted by atomic mass is 32.2. The first-order chi connectivity index (χ1) is 13.5. The number of carbonyl (C=O) groups is 3. The van der Waals surface area contributed by atoms with E-state index in [0.29, 0.717) is 19.3 Å². The van der Waals surface area contributed by atoms with Crippen LogP contribution in [0.3, 0.4) is 0 Å². The Morgan fingerprint density at radius 3 is 2.03 bits per heavy atom. The Hall–Kier alpha value is -1.94. The molecular formula is C19H26O9S. The fraction of sp³-hybridized carbons (Fsp3) is 0.737. The topological polar surface area (TPSA) is 133 Å². The molecule has 0 heterocycles. The summed E-state index contributed by atoms with van der Waals surface area (Å²) in [6.45, 7) is 3.89. The molecule has 10 heteroatoms. The van der Waals surface area contributed by atoms with Gasteiger partial charge in [0.1, 0.15) is 6.10 Å². The largest absolute Gasteiger partial charge is 0.468 e. The first kappa shape index (κ1) is 21.8. The van der Waals surface area contributed by atoms with Crippen LogP contribution in [0.5, 0.6) is 0 Å². The second kappa shape index (κ2) is 7.39. The Bertz CT molecular complexity index is 822. The van der Waals surface area contributed by atoms with Crippen LogP contribution >= 0.6 is 0 Å². The predicted molar refractivity (Wildman–Crippen MR) is 99.1 cm³/mol. The van der Waals surface area contributed by atoms with E-state index >= 15 is 0 Å². The molecule has 0 aliphatic heterocycles. The summed E-state index contributed by atoms with van der Waals surface area (Å²) in [5, 5.41) is -0.831. The molecule has 2 atom stereocenters. The van der Waals surface area contributed by atoms with E-state index in [2.05, 4.69) is 6.58 Å². The molecule has 3 fully saturated rings. The van der Waals surface area contributed by atoms with Crippen molar-refractivity contribution in [1.82, 2.24) is 0 Å². The van der Waals surface area contributed by atoms with Crippen molar-refractivity contribution in [2.24, 2.45) is 16.7 Å². The minimum absolute atomic E-state index is 0.0592. The van der Waals surface area contributed by atoms with Gasteiger partial charge < -0.3 is 14.2 Å². The molecule has 3 rings (SSSR count). The van der Waals surface area contributed by atoms with Gasteiger partial charge in [0.2, 0.25) is 0 Å². The van der Waals surface area contributed by atoms with Gasteiger partial charge in [0.25, 0.3) is 10.1 Å². The Balaban J connectivity index is 1.65. The monoisotopic (exact) mass is 430 g/mol. The van der Waals surface area contributed by atoms with Crippen LogP contribution in [0, 0.1) is 16.7 Å². The van der Waals surface area contributed by atoms with E-state index in [4.69, 9.17) is 18.8 Å². The van der Waals surface area contributed by atoms with Crippen LogP contribution in [0.4, 0.5) is 0 Å². The number of ether oxygens (including phenoxy) is 3. The molecule has 0 aromatic heterocycles.